The molecule has 0 aliphatic carbocycles. The van der Waals surface area contributed by atoms with Gasteiger partial charge in [-0.15, -0.1) is 46.2 Å². The third-order valence-electron chi connectivity index (χ3n) is 7.63. The number of carbonyl (C=O) groups excluding carboxylic acids is 4. The van der Waals surface area contributed by atoms with E-state index in [9.17, 15) is 39.0 Å². The van der Waals surface area contributed by atoms with Gasteiger partial charge in [-0.05, 0) is 11.1 Å². The van der Waals surface area contributed by atoms with E-state index in [1.54, 1.807) is 0 Å². The Morgan fingerprint density at radius 2 is 1.02 bits per heavy atom. The number of nitrogens with two attached hydrogens (primary N) is 2. The molecule has 4 atom stereocenters. The topological polar surface area (TPSA) is 466 Å². The van der Waals surface area contributed by atoms with Gasteiger partial charge in [-0.1, -0.05) is 35.6 Å². The summed E-state index contributed by atoms with van der Waals surface area (Å²) in [5.41, 5.74) is 11.0. The fraction of sp³-hybridized carbons (Fsp3) is 0.214. The predicted octanol–water partition coefficient (Wildman–Crippen LogP) is -4.65. The van der Waals surface area contributed by atoms with Crippen molar-refractivity contribution in [2.45, 2.75) is 22.8 Å². The van der Waals surface area contributed by atoms with Gasteiger partial charge in [-0.25, -0.2) is 19.6 Å². The maximum absolute atomic E-state index is 12.4. The number of carboxylic acids is 2. The standard InChI is InChI=1S/2C14H13N5O5S2.Na.2H2O4S/c2*1-2-5-3-25-12-8(11(21)19(12)9(5)13(22)23)17-10(20)7(18-24)6-4-26-14(15)16-6;;2*1-5(2,3)4/h2*2,4,8,12,24H,1,3H2,(H2,15,16)(H,17,20)(H,22,23);;2*(H2,1,2,3,4)/q;;+1;;/b2*18-7-;;;/t2*8-,12-;;;/m11.../s1. The Bertz CT molecular complexity index is 2350. The van der Waals surface area contributed by atoms with Crippen molar-refractivity contribution >= 4 is 124 Å². The number of nitrogen functional groups attached to an aromatic ring is 2. The van der Waals surface area contributed by atoms with Gasteiger partial charge >= 0.3 is 62.3 Å². The van der Waals surface area contributed by atoms with E-state index in [1.165, 1.54) is 46.4 Å². The molecule has 28 nitrogen and oxygen atoms in total. The van der Waals surface area contributed by atoms with E-state index in [2.05, 4.69) is 44.1 Å². The predicted molar refractivity (Wildman–Crippen MR) is 218 cm³/mol. The minimum Gasteiger partial charge on any atom is -0.477 e. The molecule has 0 unspecified atom stereocenters. The van der Waals surface area contributed by atoms with Crippen molar-refractivity contribution in [3.05, 3.63) is 70.0 Å². The number of thioether (sulfide) groups is 2. The van der Waals surface area contributed by atoms with Gasteiger partial charge in [0.25, 0.3) is 23.6 Å². The van der Waals surface area contributed by atoms with Gasteiger partial charge < -0.3 is 42.7 Å². The van der Waals surface area contributed by atoms with E-state index in [0.717, 1.165) is 32.5 Å². The van der Waals surface area contributed by atoms with Gasteiger partial charge in [0.1, 0.15) is 45.6 Å². The Hall–Kier alpha value is -4.98. The Labute approximate surface area is 392 Å². The van der Waals surface area contributed by atoms with E-state index in [4.69, 9.17) is 56.9 Å². The Kier molecular flexibility index (Phi) is 19.4. The Morgan fingerprint density at radius 3 is 1.24 bits per heavy atom. The van der Waals surface area contributed by atoms with Crippen LogP contribution in [-0.4, -0.2) is 157 Å². The SMILES string of the molecule is C=CC1=C(C(=O)O)N2C(=O)[C@@H](NC(=O)/C(=N\O)c3csc(N)n3)[C@H]2SC1.C=CC1=C(C(=O)O)N2C(=O)[C@@H](NC(=O)/C(=N\O)c3csc(N)n3)[C@H]2SC1.O=S(=O)(O)O.O=S(=O)(O)O.[Na+]. The smallest absolute Gasteiger partial charge is 0.477 e. The van der Waals surface area contributed by atoms with Gasteiger partial charge in [0.2, 0.25) is 0 Å². The summed E-state index contributed by atoms with van der Waals surface area (Å²) in [5.74, 6) is -4.55. The number of carbonyl (C=O) groups is 6. The molecule has 4 aliphatic rings. The van der Waals surface area contributed by atoms with Gasteiger partial charge in [-0.3, -0.25) is 47.2 Å². The van der Waals surface area contributed by atoms with Crippen molar-refractivity contribution in [1.29, 1.82) is 0 Å². The number of allylic oxidation sites excluding steroid dienone is 2. The normalized spacial score (nSPS) is 20.4. The number of fused-ring (bicyclic) bond motifs is 2. The van der Waals surface area contributed by atoms with Crippen LogP contribution in [0.2, 0.25) is 0 Å². The zero-order valence-corrected chi connectivity index (χ0v) is 38.3. The first-order chi connectivity index (χ1) is 28.8. The maximum Gasteiger partial charge on any atom is 1.00 e. The van der Waals surface area contributed by atoms with Crippen LogP contribution in [0.3, 0.4) is 0 Å². The number of nitrogens with zero attached hydrogens (tertiary/aromatic N) is 6. The number of carboxylic acid groups (broad SMARTS) is 2. The molecule has 63 heavy (non-hydrogen) atoms. The quantitative estimate of drug-likeness (QED) is 0.0266. The van der Waals surface area contributed by atoms with Crippen molar-refractivity contribution in [3.8, 4) is 0 Å². The molecule has 0 saturated carbocycles. The summed E-state index contributed by atoms with van der Waals surface area (Å²) in [5, 5.41) is 49.8. The van der Waals surface area contributed by atoms with Crippen molar-refractivity contribution in [3.63, 3.8) is 0 Å². The number of anilines is 2. The van der Waals surface area contributed by atoms with Crippen molar-refractivity contribution in [2.75, 3.05) is 23.0 Å². The van der Waals surface area contributed by atoms with Crippen molar-refractivity contribution < 1.29 is 114 Å². The van der Waals surface area contributed by atoms with Crippen LogP contribution in [0.1, 0.15) is 11.4 Å². The molecule has 2 aromatic rings. The molecular weight excluding hydrogens is 980 g/mol. The summed E-state index contributed by atoms with van der Waals surface area (Å²) < 4.78 is 63.2. The summed E-state index contributed by atoms with van der Waals surface area (Å²) in [6.07, 6.45) is 2.80. The number of aliphatic carboxylic acids is 2. The fourth-order valence-corrected chi connectivity index (χ4v) is 9.01. The minimum absolute atomic E-state index is 0. The van der Waals surface area contributed by atoms with Crippen LogP contribution in [0, 0.1) is 0 Å². The molecular formula is C28H30N10NaO18S6+. The second-order valence-corrected chi connectivity index (χ2v) is 17.2. The van der Waals surface area contributed by atoms with Crippen molar-refractivity contribution in [1.82, 2.24) is 30.4 Å². The molecule has 2 fully saturated rings. The molecule has 6 heterocycles. The second kappa shape index (κ2) is 22.6. The van der Waals surface area contributed by atoms with Crippen LogP contribution in [0.25, 0.3) is 0 Å². The monoisotopic (exact) mass is 1010 g/mol. The molecule has 0 spiro atoms. The number of β-lactam (4-membered cyclic amide) rings is 2. The molecule has 2 aromatic heterocycles. The van der Waals surface area contributed by atoms with Crippen LogP contribution < -0.4 is 51.7 Å². The molecule has 336 valence electrons. The molecule has 4 amide bonds. The maximum atomic E-state index is 12.4. The van der Waals surface area contributed by atoms with Crippen LogP contribution in [0.4, 0.5) is 10.3 Å². The molecule has 2 saturated heterocycles. The summed E-state index contributed by atoms with van der Waals surface area (Å²) in [7, 11) is -9.33. The van der Waals surface area contributed by atoms with Crippen LogP contribution >= 0.6 is 46.2 Å². The number of thiazole rings is 2. The summed E-state index contributed by atoms with van der Waals surface area (Å²) in [6.45, 7) is 7.12. The first-order valence-electron chi connectivity index (χ1n) is 15.7. The van der Waals surface area contributed by atoms with Crippen molar-refractivity contribution in [2.24, 2.45) is 10.3 Å². The summed E-state index contributed by atoms with van der Waals surface area (Å²) >= 11 is 4.73. The number of aromatic nitrogens is 2. The number of hydrogen-bond acceptors (Lipinski definition) is 22. The molecule has 35 heteroatoms. The van der Waals surface area contributed by atoms with Gasteiger partial charge in [0.15, 0.2) is 21.7 Å². The number of amides is 4. The molecule has 6 rings (SSSR count). The average Bonchev–Trinajstić information content (AvgIpc) is 3.81. The van der Waals surface area contributed by atoms with E-state index in [1.807, 2.05) is 0 Å². The third-order valence-corrected chi connectivity index (χ3v) is 11.6. The van der Waals surface area contributed by atoms with Gasteiger partial charge in [0.05, 0.1) is 0 Å². The average molecular weight is 1010 g/mol. The molecule has 14 N–H and O–H groups in total. The molecule has 0 bridgehead atoms. The van der Waals surface area contributed by atoms with Gasteiger partial charge in [-0.2, -0.15) is 16.8 Å². The second-order valence-electron chi connectivity index (χ2n) is 11.4. The summed E-state index contributed by atoms with van der Waals surface area (Å²) in [4.78, 5) is 82.3. The number of oxime groups is 2. The van der Waals surface area contributed by atoms with E-state index >= 15 is 0 Å². The van der Waals surface area contributed by atoms with Crippen LogP contribution in [0.5, 0.6) is 0 Å². The Balaban J connectivity index is 0.000000352. The van der Waals surface area contributed by atoms with E-state index < -0.39 is 79.2 Å². The number of rotatable bonds is 10. The zero-order chi connectivity index (χ0) is 47.0. The minimum atomic E-state index is -4.67. The summed E-state index contributed by atoms with van der Waals surface area (Å²) in [6, 6.07) is -1.89. The zero-order valence-electron chi connectivity index (χ0n) is 31.4. The molecule has 0 aromatic carbocycles. The third kappa shape index (κ3) is 14.0. The first-order valence-corrected chi connectivity index (χ1v) is 22.4. The van der Waals surface area contributed by atoms with Crippen LogP contribution in [-0.2, 0) is 49.6 Å². The molecule has 0 radical (unpaired) electrons. The largest absolute Gasteiger partial charge is 1.00 e. The Morgan fingerprint density at radius 1 is 0.714 bits per heavy atom. The van der Waals surface area contributed by atoms with Gasteiger partial charge in [0, 0.05) is 22.3 Å². The number of nitrogens with one attached hydrogen (secondary N) is 2. The number of hydrogen-bond donors (Lipinski definition) is 12. The van der Waals surface area contributed by atoms with E-state index in [0.29, 0.717) is 22.7 Å². The first kappa shape index (κ1) is 54.2. The van der Waals surface area contributed by atoms with E-state index in [-0.39, 0.29) is 74.0 Å². The van der Waals surface area contributed by atoms with Crippen LogP contribution in [0.15, 0.2) is 68.9 Å². The fourth-order valence-electron chi connectivity index (χ4n) is 5.24. The molecule has 4 aliphatic heterocycles.